The Balaban J connectivity index is 0.00000924. The third kappa shape index (κ3) is 15.8. The molecule has 0 bridgehead atoms. The predicted octanol–water partition coefficient (Wildman–Crippen LogP) is 7.43. The number of carbonyl (C=O) groups is 1. The third-order valence-electron chi connectivity index (χ3n) is 8.32. The van der Waals surface area contributed by atoms with Gasteiger partial charge in [0.15, 0.2) is 12.4 Å². The van der Waals surface area contributed by atoms with E-state index in [1.165, 1.54) is 89.0 Å². The van der Waals surface area contributed by atoms with Crippen LogP contribution < -0.4 is 38.6 Å². The summed E-state index contributed by atoms with van der Waals surface area (Å²) in [5.41, 5.74) is 3.00. The number of aryl methyl sites for hydroxylation is 1. The number of nitrogens with zero attached hydrogens (tertiary/aromatic N) is 1. The fourth-order valence-electron chi connectivity index (χ4n) is 5.63. The van der Waals surface area contributed by atoms with Gasteiger partial charge in [0, 0.05) is 18.6 Å². The van der Waals surface area contributed by atoms with Crippen LogP contribution in [0.15, 0.2) is 42.7 Å². The van der Waals surface area contributed by atoms with E-state index in [-0.39, 0.29) is 41.3 Å². The fraction of sp³-hybridized carbons (Fsp3) is 0.684. The number of pyridine rings is 1. The largest absolute Gasteiger partial charge is 1.00 e. The molecule has 1 aromatic carbocycles. The standard InChI is InChI=1S/C38H62N2O2.HI/c1-7-10-11-12-13-14-15-16-17-18-19-20-21-22-30-42-36-24-23-33(31-34(36)38(4,5)6)35(9-3)39-37(41)32-25-28-40(27-8-2)29-26-32;/h23-26,28-29,31,35H,7-22,27,30H2,1-6H3;1H. The van der Waals surface area contributed by atoms with Crippen LogP contribution in [0.3, 0.4) is 0 Å². The van der Waals surface area contributed by atoms with Gasteiger partial charge in [-0.25, -0.2) is 4.57 Å². The highest BCUT2D eigenvalue weighted by Gasteiger charge is 2.23. The molecule has 244 valence electrons. The van der Waals surface area contributed by atoms with E-state index in [0.29, 0.717) is 5.56 Å². The molecule has 0 fully saturated rings. The summed E-state index contributed by atoms with van der Waals surface area (Å²) in [7, 11) is 0. The number of nitrogens with one attached hydrogen (secondary N) is 1. The summed E-state index contributed by atoms with van der Waals surface area (Å²) < 4.78 is 8.44. The zero-order valence-corrected chi connectivity index (χ0v) is 30.6. The van der Waals surface area contributed by atoms with Gasteiger partial charge in [0.1, 0.15) is 12.3 Å². The molecule has 0 aliphatic heterocycles. The monoisotopic (exact) mass is 706 g/mol. The first-order chi connectivity index (χ1) is 20.3. The van der Waals surface area contributed by atoms with Gasteiger partial charge in [-0.1, -0.05) is 131 Å². The topological polar surface area (TPSA) is 42.2 Å². The Morgan fingerprint density at radius 1 is 0.767 bits per heavy atom. The molecule has 0 spiro atoms. The number of rotatable bonds is 22. The lowest BCUT2D eigenvalue weighted by Gasteiger charge is -2.26. The molecule has 1 atom stereocenters. The van der Waals surface area contributed by atoms with E-state index in [1.807, 2.05) is 24.5 Å². The predicted molar refractivity (Wildman–Crippen MR) is 178 cm³/mol. The lowest BCUT2D eigenvalue weighted by atomic mass is 9.84. The number of unbranched alkanes of at least 4 members (excludes halogenated alkanes) is 13. The summed E-state index contributed by atoms with van der Waals surface area (Å²) in [6.07, 6.45) is 25.0. The van der Waals surface area contributed by atoms with Gasteiger partial charge in [0.2, 0.25) is 0 Å². The van der Waals surface area contributed by atoms with Crippen LogP contribution in [0, 0.1) is 0 Å². The minimum absolute atomic E-state index is 0. The molecule has 1 N–H and O–H groups in total. The highest BCUT2D eigenvalue weighted by molar-refractivity contribution is 5.94. The maximum atomic E-state index is 13.0. The summed E-state index contributed by atoms with van der Waals surface area (Å²) in [5.74, 6) is 0.951. The molecule has 2 rings (SSSR count). The van der Waals surface area contributed by atoms with Crippen molar-refractivity contribution in [1.29, 1.82) is 0 Å². The van der Waals surface area contributed by atoms with Gasteiger partial charge in [-0.15, -0.1) is 0 Å². The maximum absolute atomic E-state index is 13.0. The number of hydrogen-bond donors (Lipinski definition) is 1. The SMILES string of the molecule is CCCCCCCCCCCCCCCCOc1ccc(C(CC)NC(=O)c2cc[n+](CCC)cc2)cc1C(C)(C)C.[I-]. The molecule has 0 aliphatic carbocycles. The molecule has 1 heterocycles. The van der Waals surface area contributed by atoms with E-state index in [4.69, 9.17) is 4.74 Å². The van der Waals surface area contributed by atoms with Crippen LogP contribution in [0.1, 0.15) is 172 Å². The number of aromatic nitrogens is 1. The zero-order chi connectivity index (χ0) is 30.6. The van der Waals surface area contributed by atoms with Crippen LogP contribution in [-0.2, 0) is 12.0 Å². The molecule has 1 aromatic heterocycles. The molecule has 0 saturated carbocycles. The van der Waals surface area contributed by atoms with E-state index in [2.05, 4.69) is 69.6 Å². The molecule has 1 amide bonds. The van der Waals surface area contributed by atoms with Gasteiger partial charge < -0.3 is 34.0 Å². The van der Waals surface area contributed by atoms with Crippen molar-refractivity contribution < 1.29 is 38.1 Å². The lowest BCUT2D eigenvalue weighted by molar-refractivity contribution is -0.697. The summed E-state index contributed by atoms with van der Waals surface area (Å²) in [6.45, 7) is 15.0. The van der Waals surface area contributed by atoms with Crippen molar-refractivity contribution in [1.82, 2.24) is 5.32 Å². The van der Waals surface area contributed by atoms with Crippen molar-refractivity contribution in [3.63, 3.8) is 0 Å². The molecular weight excluding hydrogens is 643 g/mol. The molecule has 1 unspecified atom stereocenters. The van der Waals surface area contributed by atoms with Crippen molar-refractivity contribution in [2.45, 2.75) is 162 Å². The van der Waals surface area contributed by atoms with Crippen molar-refractivity contribution in [2.75, 3.05) is 6.61 Å². The number of ether oxygens (including phenoxy) is 1. The van der Waals surface area contributed by atoms with E-state index >= 15 is 0 Å². The molecule has 5 heteroatoms. The van der Waals surface area contributed by atoms with Crippen LogP contribution in [-0.4, -0.2) is 12.5 Å². The molecule has 0 radical (unpaired) electrons. The maximum Gasteiger partial charge on any atom is 0.252 e. The summed E-state index contributed by atoms with van der Waals surface area (Å²) in [6, 6.07) is 10.3. The Morgan fingerprint density at radius 3 is 1.79 bits per heavy atom. The van der Waals surface area contributed by atoms with E-state index < -0.39 is 0 Å². The number of carbonyl (C=O) groups excluding carboxylic acids is 1. The normalized spacial score (nSPS) is 12.0. The Kier molecular flexibility index (Phi) is 20.9. The molecule has 2 aromatic rings. The second-order valence-corrected chi connectivity index (χ2v) is 13.2. The average Bonchev–Trinajstić information content (AvgIpc) is 2.98. The van der Waals surface area contributed by atoms with Crippen LogP contribution in [0.2, 0.25) is 0 Å². The molecule has 0 aliphatic rings. The van der Waals surface area contributed by atoms with Gasteiger partial charge in [-0.3, -0.25) is 4.79 Å². The van der Waals surface area contributed by atoms with Crippen LogP contribution in [0.25, 0.3) is 0 Å². The van der Waals surface area contributed by atoms with E-state index in [1.54, 1.807) is 0 Å². The second kappa shape index (κ2) is 22.8. The van der Waals surface area contributed by atoms with Crippen LogP contribution in [0.4, 0.5) is 0 Å². The summed E-state index contributed by atoms with van der Waals surface area (Å²) in [5, 5.41) is 3.26. The van der Waals surface area contributed by atoms with Gasteiger partial charge in [-0.2, -0.15) is 0 Å². The molecular formula is C38H63IN2O2. The fourth-order valence-corrected chi connectivity index (χ4v) is 5.63. The highest BCUT2D eigenvalue weighted by Crippen LogP contribution is 2.34. The van der Waals surface area contributed by atoms with Crippen molar-refractivity contribution >= 4 is 5.91 Å². The number of halogens is 1. The second-order valence-electron chi connectivity index (χ2n) is 13.2. The lowest BCUT2D eigenvalue weighted by Crippen LogP contribution is -3.00. The first-order valence-electron chi connectivity index (χ1n) is 17.4. The number of amides is 1. The highest BCUT2D eigenvalue weighted by atomic mass is 127. The summed E-state index contributed by atoms with van der Waals surface area (Å²) >= 11 is 0. The smallest absolute Gasteiger partial charge is 0.252 e. The van der Waals surface area contributed by atoms with Crippen molar-refractivity contribution in [2.24, 2.45) is 0 Å². The van der Waals surface area contributed by atoms with Gasteiger partial charge >= 0.3 is 0 Å². The molecule has 0 saturated heterocycles. The van der Waals surface area contributed by atoms with Gasteiger partial charge in [-0.05, 0) is 41.5 Å². The van der Waals surface area contributed by atoms with Crippen molar-refractivity contribution in [3.05, 3.63) is 59.4 Å². The zero-order valence-electron chi connectivity index (χ0n) is 28.5. The molecule has 4 nitrogen and oxygen atoms in total. The Morgan fingerprint density at radius 2 is 1.30 bits per heavy atom. The minimum Gasteiger partial charge on any atom is -1.00 e. The minimum atomic E-state index is -0.0461. The molecule has 43 heavy (non-hydrogen) atoms. The first-order valence-corrected chi connectivity index (χ1v) is 17.4. The van der Waals surface area contributed by atoms with Crippen LogP contribution in [0.5, 0.6) is 5.75 Å². The Bertz CT molecular complexity index is 1000. The van der Waals surface area contributed by atoms with Crippen LogP contribution >= 0.6 is 0 Å². The Labute approximate surface area is 282 Å². The summed E-state index contributed by atoms with van der Waals surface area (Å²) in [4.78, 5) is 13.0. The Hall–Kier alpha value is -1.63. The van der Waals surface area contributed by atoms with E-state index in [9.17, 15) is 4.79 Å². The third-order valence-corrected chi connectivity index (χ3v) is 8.32. The number of hydrogen-bond acceptors (Lipinski definition) is 2. The average molecular weight is 707 g/mol. The van der Waals surface area contributed by atoms with Gasteiger partial charge in [0.25, 0.3) is 5.91 Å². The number of benzene rings is 1. The first kappa shape index (κ1) is 39.4. The quantitative estimate of drug-likeness (QED) is 0.0787. The van der Waals surface area contributed by atoms with Gasteiger partial charge in [0.05, 0.1) is 18.2 Å². The van der Waals surface area contributed by atoms with Crippen molar-refractivity contribution in [3.8, 4) is 5.75 Å². The van der Waals surface area contributed by atoms with E-state index in [0.717, 1.165) is 43.7 Å².